The van der Waals surface area contributed by atoms with Crippen LogP contribution < -0.4 is 10.1 Å². The van der Waals surface area contributed by atoms with Crippen LogP contribution >= 0.6 is 11.3 Å². The van der Waals surface area contributed by atoms with E-state index < -0.39 is 5.82 Å². The van der Waals surface area contributed by atoms with Gasteiger partial charge in [-0.1, -0.05) is 12.1 Å². The van der Waals surface area contributed by atoms with E-state index in [1.54, 1.807) is 34.3 Å². The smallest absolute Gasteiger partial charge is 0.165 e. The Bertz CT molecular complexity index is 1460. The molecule has 7 nitrogen and oxygen atoms in total. The number of halogens is 1. The van der Waals surface area contributed by atoms with Crippen molar-refractivity contribution >= 4 is 27.4 Å². The third-order valence-corrected chi connectivity index (χ3v) is 6.37. The minimum atomic E-state index is -0.406. The van der Waals surface area contributed by atoms with E-state index in [0.29, 0.717) is 11.6 Å². The second-order valence-corrected chi connectivity index (χ2v) is 8.90. The van der Waals surface area contributed by atoms with Gasteiger partial charge in [-0.05, 0) is 49.7 Å². The van der Waals surface area contributed by atoms with E-state index in [0.717, 1.165) is 32.7 Å². The molecule has 0 aliphatic heterocycles. The molecule has 2 aromatic carbocycles. The first kappa shape index (κ1) is 22.0. The van der Waals surface area contributed by atoms with Gasteiger partial charge in [0.05, 0.1) is 33.2 Å². The zero-order valence-electron chi connectivity index (χ0n) is 19.0. The van der Waals surface area contributed by atoms with Crippen molar-refractivity contribution in [2.45, 2.75) is 26.5 Å². The average Bonchev–Trinajstić information content (AvgIpc) is 3.46. The van der Waals surface area contributed by atoms with Gasteiger partial charge in [0.25, 0.3) is 0 Å². The summed E-state index contributed by atoms with van der Waals surface area (Å²) in [7, 11) is 1.82. The number of benzene rings is 2. The summed E-state index contributed by atoms with van der Waals surface area (Å²) in [6, 6.07) is 14.6. The SMILES string of the molecule is Cc1nc(NC(C)c2ccc(F)c(OCc3ccnn3C)c2)cc(-c2ccc3ncsc3c2)n1. The van der Waals surface area contributed by atoms with Gasteiger partial charge < -0.3 is 10.1 Å². The molecule has 0 saturated carbocycles. The van der Waals surface area contributed by atoms with Crippen LogP contribution in [0.15, 0.2) is 60.2 Å². The highest BCUT2D eigenvalue weighted by Gasteiger charge is 2.13. The van der Waals surface area contributed by atoms with E-state index in [9.17, 15) is 4.39 Å². The molecule has 5 aromatic rings. The normalized spacial score (nSPS) is 12.1. The van der Waals surface area contributed by atoms with Gasteiger partial charge >= 0.3 is 0 Å². The van der Waals surface area contributed by atoms with Gasteiger partial charge in [0.1, 0.15) is 18.2 Å². The maximum Gasteiger partial charge on any atom is 0.165 e. The number of nitrogens with one attached hydrogen (secondary N) is 1. The number of aromatic nitrogens is 5. The third kappa shape index (κ3) is 4.60. The van der Waals surface area contributed by atoms with Crippen LogP contribution in [-0.4, -0.2) is 24.7 Å². The standard InChI is InChI=1S/C25H23FN6OS/c1-15(17-4-6-20(26)23(10-17)33-13-19-8-9-28-32(19)3)29-25-12-22(30-16(2)31-25)18-5-7-21-24(11-18)34-14-27-21/h4-12,14-15H,13H2,1-3H3,(H,29,30,31). The van der Waals surface area contributed by atoms with Gasteiger partial charge in [0.2, 0.25) is 0 Å². The summed E-state index contributed by atoms with van der Waals surface area (Å²) in [5.41, 5.74) is 6.39. The van der Waals surface area contributed by atoms with Gasteiger partial charge in [-0.3, -0.25) is 4.68 Å². The minimum absolute atomic E-state index is 0.134. The average molecular weight is 475 g/mol. The Labute approximate surface area is 200 Å². The lowest BCUT2D eigenvalue weighted by atomic mass is 10.1. The Morgan fingerprint density at radius 3 is 2.82 bits per heavy atom. The number of hydrogen-bond acceptors (Lipinski definition) is 7. The van der Waals surface area contributed by atoms with Crippen LogP contribution in [0.1, 0.15) is 30.0 Å². The first-order chi connectivity index (χ1) is 16.5. The number of ether oxygens (including phenoxy) is 1. The summed E-state index contributed by atoms with van der Waals surface area (Å²) in [5, 5.41) is 7.52. The van der Waals surface area contributed by atoms with Gasteiger partial charge in [-0.25, -0.2) is 19.3 Å². The van der Waals surface area contributed by atoms with Crippen molar-refractivity contribution in [1.82, 2.24) is 24.7 Å². The molecule has 1 N–H and O–H groups in total. The summed E-state index contributed by atoms with van der Waals surface area (Å²) < 4.78 is 22.9. The molecule has 0 aliphatic rings. The van der Waals surface area contributed by atoms with Crippen molar-refractivity contribution in [2.24, 2.45) is 7.05 Å². The van der Waals surface area contributed by atoms with Crippen molar-refractivity contribution in [3.63, 3.8) is 0 Å². The van der Waals surface area contributed by atoms with Crippen LogP contribution in [0.25, 0.3) is 21.5 Å². The first-order valence-corrected chi connectivity index (χ1v) is 11.7. The molecule has 1 unspecified atom stereocenters. The zero-order valence-corrected chi connectivity index (χ0v) is 19.8. The first-order valence-electron chi connectivity index (χ1n) is 10.8. The number of aryl methyl sites for hydroxylation is 2. The molecular formula is C25H23FN6OS. The van der Waals surface area contributed by atoms with Crippen molar-refractivity contribution in [3.05, 3.63) is 83.1 Å². The molecule has 172 valence electrons. The number of thiazole rings is 1. The fraction of sp³-hybridized carbons (Fsp3) is 0.200. The molecule has 5 rings (SSSR count). The molecule has 9 heteroatoms. The van der Waals surface area contributed by atoms with E-state index >= 15 is 0 Å². The van der Waals surface area contributed by atoms with Crippen molar-refractivity contribution in [2.75, 3.05) is 5.32 Å². The van der Waals surface area contributed by atoms with E-state index in [1.165, 1.54) is 6.07 Å². The molecule has 0 aliphatic carbocycles. The van der Waals surface area contributed by atoms with Crippen molar-refractivity contribution < 1.29 is 9.13 Å². The molecule has 1 atom stereocenters. The molecule has 0 amide bonds. The van der Waals surface area contributed by atoms with E-state index in [2.05, 4.69) is 31.4 Å². The van der Waals surface area contributed by atoms with Gasteiger partial charge in [-0.15, -0.1) is 11.3 Å². The van der Waals surface area contributed by atoms with Crippen LogP contribution in [0, 0.1) is 12.7 Å². The van der Waals surface area contributed by atoms with Crippen LogP contribution in [0.2, 0.25) is 0 Å². The van der Waals surface area contributed by atoms with Gasteiger partial charge in [0, 0.05) is 24.9 Å². The molecule has 0 bridgehead atoms. The lowest BCUT2D eigenvalue weighted by Crippen LogP contribution is -2.10. The lowest BCUT2D eigenvalue weighted by Gasteiger charge is -2.17. The lowest BCUT2D eigenvalue weighted by molar-refractivity contribution is 0.280. The zero-order chi connectivity index (χ0) is 23.7. The predicted molar refractivity (Wildman–Crippen MR) is 131 cm³/mol. The number of nitrogens with zero attached hydrogens (tertiary/aromatic N) is 5. The summed E-state index contributed by atoms with van der Waals surface area (Å²) in [6.07, 6.45) is 1.69. The number of hydrogen-bond donors (Lipinski definition) is 1. The Balaban J connectivity index is 1.35. The summed E-state index contributed by atoms with van der Waals surface area (Å²) in [6.45, 7) is 4.10. The fourth-order valence-electron chi connectivity index (χ4n) is 3.70. The van der Waals surface area contributed by atoms with Crippen molar-refractivity contribution in [1.29, 1.82) is 0 Å². The molecule has 3 aromatic heterocycles. The molecule has 0 radical (unpaired) electrons. The maximum absolute atomic E-state index is 14.4. The summed E-state index contributed by atoms with van der Waals surface area (Å²) in [5.74, 6) is 1.15. The summed E-state index contributed by atoms with van der Waals surface area (Å²) >= 11 is 1.60. The molecule has 0 fully saturated rings. The van der Waals surface area contributed by atoms with Crippen LogP contribution in [0.4, 0.5) is 10.2 Å². The second kappa shape index (κ2) is 9.18. The van der Waals surface area contributed by atoms with Crippen LogP contribution in [0.3, 0.4) is 0 Å². The minimum Gasteiger partial charge on any atom is -0.484 e. The van der Waals surface area contributed by atoms with Crippen LogP contribution in [-0.2, 0) is 13.7 Å². The fourth-order valence-corrected chi connectivity index (χ4v) is 4.42. The number of fused-ring (bicyclic) bond motifs is 1. The Kier molecular flexibility index (Phi) is 5.93. The maximum atomic E-state index is 14.4. The Hall–Kier alpha value is -3.85. The number of rotatable bonds is 7. The van der Waals surface area contributed by atoms with Gasteiger partial charge in [0.15, 0.2) is 11.6 Å². The Morgan fingerprint density at radius 1 is 1.12 bits per heavy atom. The number of anilines is 1. The molecular weight excluding hydrogens is 451 g/mol. The highest BCUT2D eigenvalue weighted by atomic mass is 32.1. The molecule has 34 heavy (non-hydrogen) atoms. The molecule has 0 saturated heterocycles. The second-order valence-electron chi connectivity index (χ2n) is 8.01. The predicted octanol–water partition coefficient (Wildman–Crippen LogP) is 5.69. The monoisotopic (exact) mass is 474 g/mol. The van der Waals surface area contributed by atoms with Crippen LogP contribution in [0.5, 0.6) is 5.75 Å². The quantitative estimate of drug-likeness (QED) is 0.327. The van der Waals surface area contributed by atoms with Crippen molar-refractivity contribution in [3.8, 4) is 17.0 Å². The largest absolute Gasteiger partial charge is 0.484 e. The Morgan fingerprint density at radius 2 is 2.00 bits per heavy atom. The van der Waals surface area contributed by atoms with E-state index in [1.807, 2.05) is 50.7 Å². The third-order valence-electron chi connectivity index (χ3n) is 5.58. The topological polar surface area (TPSA) is 77.8 Å². The van der Waals surface area contributed by atoms with E-state index in [4.69, 9.17) is 4.74 Å². The molecule has 3 heterocycles. The van der Waals surface area contributed by atoms with E-state index in [-0.39, 0.29) is 18.4 Å². The van der Waals surface area contributed by atoms with Gasteiger partial charge in [-0.2, -0.15) is 5.10 Å². The molecule has 0 spiro atoms. The highest BCUT2D eigenvalue weighted by molar-refractivity contribution is 7.16. The highest BCUT2D eigenvalue weighted by Crippen LogP contribution is 2.29. The summed E-state index contributed by atoms with van der Waals surface area (Å²) in [4.78, 5) is 13.5.